The molecule has 1 aliphatic heterocycles. The summed E-state index contributed by atoms with van der Waals surface area (Å²) in [5.74, 6) is 1.31. The number of alkyl carbamates (subject to hydrolysis) is 1. The molecule has 1 aromatic carbocycles. The van der Waals surface area contributed by atoms with Gasteiger partial charge >= 0.3 is 12.1 Å². The predicted molar refractivity (Wildman–Crippen MR) is 160 cm³/mol. The Morgan fingerprint density at radius 1 is 1.07 bits per heavy atom. The molecule has 7 nitrogen and oxygen atoms in total. The Morgan fingerprint density at radius 3 is 2.27 bits per heavy atom. The zero-order chi connectivity index (χ0) is 30.3. The number of nitrogens with one attached hydrogen (secondary N) is 1. The van der Waals surface area contributed by atoms with E-state index in [2.05, 4.69) is 72.0 Å². The number of methoxy groups -OCH3 is 1. The number of esters is 1. The third-order valence-corrected chi connectivity index (χ3v) is 7.61. The molecular formula is C33H55NO6. The number of carbonyl (C=O) groups is 2. The van der Waals surface area contributed by atoms with Gasteiger partial charge in [0.25, 0.3) is 0 Å². The number of rotatable bonds is 13. The van der Waals surface area contributed by atoms with Gasteiger partial charge in [-0.3, -0.25) is 4.79 Å². The Hall–Kier alpha value is -2.28. The molecule has 40 heavy (non-hydrogen) atoms. The number of carbonyl (C=O) groups excluding carboxylic acids is 2. The maximum atomic E-state index is 13.1. The van der Waals surface area contributed by atoms with Crippen LogP contribution in [0.15, 0.2) is 18.2 Å². The highest BCUT2D eigenvalue weighted by Crippen LogP contribution is 2.39. The molecule has 0 aliphatic carbocycles. The van der Waals surface area contributed by atoms with Gasteiger partial charge in [0, 0.05) is 20.1 Å². The molecule has 228 valence electrons. The summed E-state index contributed by atoms with van der Waals surface area (Å²) >= 11 is 0. The molecule has 1 aliphatic rings. The number of cyclic esters (lactones) is 1. The van der Waals surface area contributed by atoms with Gasteiger partial charge in [-0.05, 0) is 80.4 Å². The Balaban J connectivity index is 2.41. The van der Waals surface area contributed by atoms with Crippen LogP contribution >= 0.6 is 0 Å². The van der Waals surface area contributed by atoms with E-state index in [1.807, 2.05) is 20.8 Å². The molecule has 1 amide bonds. The third kappa shape index (κ3) is 10.3. The summed E-state index contributed by atoms with van der Waals surface area (Å²) in [5.41, 5.74) is 1.36. The fourth-order valence-electron chi connectivity index (χ4n) is 5.39. The second-order valence-corrected chi connectivity index (χ2v) is 14.0. The van der Waals surface area contributed by atoms with Crippen LogP contribution in [0.25, 0.3) is 0 Å². The van der Waals surface area contributed by atoms with Gasteiger partial charge < -0.3 is 24.3 Å². The first-order valence-electron chi connectivity index (χ1n) is 15.0. The Bertz CT molecular complexity index is 959. The van der Waals surface area contributed by atoms with Crippen LogP contribution in [0.1, 0.15) is 112 Å². The van der Waals surface area contributed by atoms with Gasteiger partial charge in [-0.1, -0.05) is 60.6 Å². The van der Waals surface area contributed by atoms with Crippen LogP contribution in [0.5, 0.6) is 5.75 Å². The van der Waals surface area contributed by atoms with E-state index in [9.17, 15) is 9.59 Å². The second-order valence-electron chi connectivity index (χ2n) is 14.0. The summed E-state index contributed by atoms with van der Waals surface area (Å²) in [6.45, 7) is 21.8. The summed E-state index contributed by atoms with van der Waals surface area (Å²) in [5, 5.41) is 3.20. The summed E-state index contributed by atoms with van der Waals surface area (Å²) < 4.78 is 22.9. The van der Waals surface area contributed by atoms with Crippen LogP contribution in [0.2, 0.25) is 0 Å². The monoisotopic (exact) mass is 561 g/mol. The van der Waals surface area contributed by atoms with Crippen molar-refractivity contribution in [2.24, 2.45) is 23.7 Å². The lowest BCUT2D eigenvalue weighted by atomic mass is 9.79. The Kier molecular flexibility index (Phi) is 12.4. The Labute approximate surface area is 243 Å². The largest absolute Gasteiger partial charge is 0.493 e. The number of amides is 1. The molecule has 1 saturated heterocycles. The fraction of sp³-hybridized carbons (Fsp3) is 0.758. The second kappa shape index (κ2) is 14.6. The van der Waals surface area contributed by atoms with Gasteiger partial charge in [0.2, 0.25) is 0 Å². The normalized spacial score (nSPS) is 19.5. The van der Waals surface area contributed by atoms with E-state index in [0.29, 0.717) is 13.2 Å². The minimum Gasteiger partial charge on any atom is -0.493 e. The fourth-order valence-corrected chi connectivity index (χ4v) is 5.39. The van der Waals surface area contributed by atoms with Crippen molar-refractivity contribution in [3.8, 4) is 5.75 Å². The van der Waals surface area contributed by atoms with Crippen molar-refractivity contribution in [3.63, 3.8) is 0 Å². The quantitative estimate of drug-likeness (QED) is 0.197. The molecule has 1 N–H and O–H groups in total. The van der Waals surface area contributed by atoms with Crippen LogP contribution in [0, 0.1) is 23.7 Å². The average Bonchev–Trinajstić information content (AvgIpc) is 3.19. The molecule has 7 heteroatoms. The maximum absolute atomic E-state index is 13.1. The van der Waals surface area contributed by atoms with Crippen LogP contribution < -0.4 is 10.1 Å². The minimum atomic E-state index is -0.614. The minimum absolute atomic E-state index is 0.0408. The van der Waals surface area contributed by atoms with Crippen LogP contribution in [-0.4, -0.2) is 44.1 Å². The SMILES string of the molecule is COCCCOc1cc(C(NC(=O)OC(C)(C)C)C(CCC2CC(C(C)C)C(=O)O2)C(C)C)ccc1C(C)(C)C. The van der Waals surface area contributed by atoms with E-state index < -0.39 is 11.7 Å². The highest BCUT2D eigenvalue weighted by atomic mass is 16.6. The molecule has 1 fully saturated rings. The first-order valence-corrected chi connectivity index (χ1v) is 15.0. The number of ether oxygens (including phenoxy) is 4. The molecule has 0 aromatic heterocycles. The topological polar surface area (TPSA) is 83.1 Å². The van der Waals surface area contributed by atoms with E-state index in [-0.39, 0.29) is 47.2 Å². The molecule has 1 aromatic rings. The van der Waals surface area contributed by atoms with Crippen LogP contribution in [-0.2, 0) is 24.4 Å². The van der Waals surface area contributed by atoms with E-state index >= 15 is 0 Å². The summed E-state index contributed by atoms with van der Waals surface area (Å²) in [4.78, 5) is 25.5. The zero-order valence-corrected chi connectivity index (χ0v) is 26.9. The molecule has 0 radical (unpaired) electrons. The smallest absolute Gasteiger partial charge is 0.408 e. The lowest BCUT2D eigenvalue weighted by Crippen LogP contribution is -2.39. The number of hydrogen-bond acceptors (Lipinski definition) is 6. The first-order chi connectivity index (χ1) is 18.5. The van der Waals surface area contributed by atoms with Crippen LogP contribution in [0.3, 0.4) is 0 Å². The summed E-state index contributed by atoms with van der Waals surface area (Å²) in [6, 6.07) is 6.00. The zero-order valence-electron chi connectivity index (χ0n) is 26.9. The van der Waals surface area contributed by atoms with Crippen molar-refractivity contribution in [1.82, 2.24) is 5.32 Å². The van der Waals surface area contributed by atoms with Crippen molar-refractivity contribution in [1.29, 1.82) is 0 Å². The lowest BCUT2D eigenvalue weighted by molar-refractivity contribution is -0.145. The first kappa shape index (κ1) is 33.9. The third-order valence-electron chi connectivity index (χ3n) is 7.61. The molecule has 0 bridgehead atoms. The molecule has 4 unspecified atom stereocenters. The molecule has 2 rings (SSSR count). The number of benzene rings is 1. The van der Waals surface area contributed by atoms with Gasteiger partial charge in [-0.15, -0.1) is 0 Å². The van der Waals surface area contributed by atoms with E-state index in [0.717, 1.165) is 42.6 Å². The lowest BCUT2D eigenvalue weighted by Gasteiger charge is -2.34. The average molecular weight is 562 g/mol. The highest BCUT2D eigenvalue weighted by Gasteiger charge is 2.38. The van der Waals surface area contributed by atoms with Gasteiger partial charge in [0.1, 0.15) is 17.5 Å². The maximum Gasteiger partial charge on any atom is 0.408 e. The van der Waals surface area contributed by atoms with Crippen molar-refractivity contribution in [2.75, 3.05) is 20.3 Å². The highest BCUT2D eigenvalue weighted by molar-refractivity contribution is 5.74. The molecular weight excluding hydrogens is 506 g/mol. The van der Waals surface area contributed by atoms with Crippen LogP contribution in [0.4, 0.5) is 4.79 Å². The van der Waals surface area contributed by atoms with Crippen molar-refractivity contribution >= 4 is 12.1 Å². The van der Waals surface area contributed by atoms with Gasteiger partial charge in [-0.25, -0.2) is 4.79 Å². The Morgan fingerprint density at radius 2 is 1.75 bits per heavy atom. The van der Waals surface area contributed by atoms with Crippen molar-refractivity contribution < 1.29 is 28.5 Å². The molecule has 0 saturated carbocycles. The molecule has 1 heterocycles. The van der Waals surface area contributed by atoms with E-state index in [4.69, 9.17) is 18.9 Å². The van der Waals surface area contributed by atoms with Gasteiger partial charge in [-0.2, -0.15) is 0 Å². The molecule has 0 spiro atoms. The number of hydrogen-bond donors (Lipinski definition) is 1. The van der Waals surface area contributed by atoms with Crippen molar-refractivity contribution in [2.45, 2.75) is 118 Å². The van der Waals surface area contributed by atoms with Gasteiger partial charge in [0.15, 0.2) is 0 Å². The predicted octanol–water partition coefficient (Wildman–Crippen LogP) is 7.61. The molecule has 4 atom stereocenters. The summed E-state index contributed by atoms with van der Waals surface area (Å²) in [6.07, 6.45) is 2.56. The van der Waals surface area contributed by atoms with Crippen molar-refractivity contribution in [3.05, 3.63) is 29.3 Å². The summed E-state index contributed by atoms with van der Waals surface area (Å²) in [7, 11) is 1.69. The standard InChI is InChI=1S/C33H55NO6/c1-21(2)25(15-14-24-20-26(22(3)4)30(35)39-24)29(34-31(36)40-33(8,9)10)23-13-16-27(32(5,6)7)28(19-23)38-18-12-17-37-11/h13,16,19,21-22,24-26,29H,12,14-15,17-18,20H2,1-11H3,(H,34,36). The van der Waals surface area contributed by atoms with E-state index in [1.165, 1.54) is 0 Å². The van der Waals surface area contributed by atoms with Gasteiger partial charge in [0.05, 0.1) is 18.6 Å². The van der Waals surface area contributed by atoms with E-state index in [1.54, 1.807) is 7.11 Å².